The standard InChI is InChI=1S/C15H15F2N5O3/c16-15(17)9-4-21(5-10(9)15)13-2-1-8(12(7-23)18-13)3-22-6-11(14(24)25)19-20-22/h1-2,6,9-10,23H,3-5,7H2,(H,24,25). The summed E-state index contributed by atoms with van der Waals surface area (Å²) in [7, 11) is 0. The number of carbonyl (C=O) groups is 1. The van der Waals surface area contributed by atoms with Gasteiger partial charge in [0.15, 0.2) is 5.69 Å². The summed E-state index contributed by atoms with van der Waals surface area (Å²) in [6.45, 7) is 0.410. The van der Waals surface area contributed by atoms with Gasteiger partial charge in [-0.15, -0.1) is 5.10 Å². The molecule has 1 aliphatic carbocycles. The van der Waals surface area contributed by atoms with Crippen LogP contribution in [0.5, 0.6) is 0 Å². The fourth-order valence-corrected chi connectivity index (χ4v) is 3.32. The molecule has 0 radical (unpaired) electrons. The summed E-state index contributed by atoms with van der Waals surface area (Å²) in [5.41, 5.74) is 0.882. The van der Waals surface area contributed by atoms with Crippen LogP contribution in [0.3, 0.4) is 0 Å². The zero-order chi connectivity index (χ0) is 17.8. The van der Waals surface area contributed by atoms with E-state index in [1.165, 1.54) is 10.9 Å². The lowest BCUT2D eigenvalue weighted by Crippen LogP contribution is -2.28. The summed E-state index contributed by atoms with van der Waals surface area (Å²) in [4.78, 5) is 17.0. The van der Waals surface area contributed by atoms with Gasteiger partial charge in [-0.05, 0) is 11.6 Å². The molecule has 2 unspecified atom stereocenters. The van der Waals surface area contributed by atoms with Gasteiger partial charge in [0, 0.05) is 13.1 Å². The van der Waals surface area contributed by atoms with Crippen LogP contribution in [0.25, 0.3) is 0 Å². The van der Waals surface area contributed by atoms with E-state index in [0.29, 0.717) is 17.1 Å². The molecule has 2 aromatic rings. The van der Waals surface area contributed by atoms with Crippen molar-refractivity contribution in [3.05, 3.63) is 35.3 Å². The molecule has 1 aliphatic heterocycles. The van der Waals surface area contributed by atoms with Crippen molar-refractivity contribution in [3.63, 3.8) is 0 Å². The minimum atomic E-state index is -2.55. The third-order valence-corrected chi connectivity index (χ3v) is 4.82. The Balaban J connectivity index is 1.51. The highest BCUT2D eigenvalue weighted by Crippen LogP contribution is 2.59. The van der Waals surface area contributed by atoms with Crippen LogP contribution in [-0.4, -0.2) is 55.2 Å². The lowest BCUT2D eigenvalue weighted by atomic mass is 10.2. The maximum atomic E-state index is 13.3. The molecule has 132 valence electrons. The number of nitrogens with zero attached hydrogens (tertiary/aromatic N) is 5. The molecule has 8 nitrogen and oxygen atoms in total. The third-order valence-electron chi connectivity index (χ3n) is 4.82. The van der Waals surface area contributed by atoms with Crippen molar-refractivity contribution in [2.75, 3.05) is 18.0 Å². The summed E-state index contributed by atoms with van der Waals surface area (Å²) < 4.78 is 27.9. The molecule has 10 heteroatoms. The quantitative estimate of drug-likeness (QED) is 0.813. The molecular formula is C15H15F2N5O3. The molecule has 1 saturated carbocycles. The fraction of sp³-hybridized carbons (Fsp3) is 0.467. The van der Waals surface area contributed by atoms with Crippen molar-refractivity contribution < 1.29 is 23.8 Å². The highest BCUT2D eigenvalue weighted by molar-refractivity contribution is 5.84. The maximum Gasteiger partial charge on any atom is 0.358 e. The van der Waals surface area contributed by atoms with Gasteiger partial charge in [0.1, 0.15) is 5.82 Å². The monoisotopic (exact) mass is 351 g/mol. The fourth-order valence-electron chi connectivity index (χ4n) is 3.32. The van der Waals surface area contributed by atoms with Crippen molar-refractivity contribution in [3.8, 4) is 0 Å². The number of hydrogen-bond acceptors (Lipinski definition) is 6. The van der Waals surface area contributed by atoms with E-state index in [1.54, 1.807) is 17.0 Å². The van der Waals surface area contributed by atoms with Gasteiger partial charge in [-0.2, -0.15) is 0 Å². The first-order chi connectivity index (χ1) is 11.9. The number of piperidine rings is 1. The van der Waals surface area contributed by atoms with Gasteiger partial charge < -0.3 is 15.1 Å². The highest BCUT2D eigenvalue weighted by atomic mass is 19.3. The van der Waals surface area contributed by atoms with E-state index in [4.69, 9.17) is 5.11 Å². The van der Waals surface area contributed by atoms with Crippen LogP contribution in [0.1, 0.15) is 21.7 Å². The SMILES string of the molecule is O=C(O)c1cn(Cc2ccc(N3CC4C(C3)C4(F)F)nc2CO)nn1. The molecule has 1 saturated heterocycles. The molecule has 25 heavy (non-hydrogen) atoms. The second-order valence-electron chi connectivity index (χ2n) is 6.33. The molecule has 4 rings (SSSR count). The number of carboxylic acids is 1. The molecule has 2 atom stereocenters. The topological polar surface area (TPSA) is 104 Å². The Morgan fingerprint density at radius 1 is 1.32 bits per heavy atom. The number of hydrogen-bond donors (Lipinski definition) is 2. The molecule has 2 fully saturated rings. The zero-order valence-electron chi connectivity index (χ0n) is 13.0. The Bertz CT molecular complexity index is 826. The molecule has 0 amide bonds. The molecule has 2 N–H and O–H groups in total. The average Bonchev–Trinajstić information content (AvgIpc) is 3.05. The van der Waals surface area contributed by atoms with E-state index in [2.05, 4.69) is 15.3 Å². The molecule has 0 aromatic carbocycles. The van der Waals surface area contributed by atoms with Gasteiger partial charge in [0.2, 0.25) is 0 Å². The normalized spacial score (nSPS) is 23.6. The van der Waals surface area contributed by atoms with E-state index in [1.807, 2.05) is 0 Å². The van der Waals surface area contributed by atoms with Crippen LogP contribution in [0.2, 0.25) is 0 Å². The van der Waals surface area contributed by atoms with Gasteiger partial charge >= 0.3 is 5.97 Å². The van der Waals surface area contributed by atoms with Crippen LogP contribution in [0, 0.1) is 11.8 Å². The zero-order valence-corrected chi connectivity index (χ0v) is 13.0. The van der Waals surface area contributed by atoms with Gasteiger partial charge in [-0.1, -0.05) is 11.3 Å². The number of anilines is 1. The van der Waals surface area contributed by atoms with Gasteiger partial charge in [0.25, 0.3) is 5.92 Å². The number of halogens is 2. The average molecular weight is 351 g/mol. The van der Waals surface area contributed by atoms with Gasteiger partial charge in [-0.25, -0.2) is 23.2 Å². The number of aromatic carboxylic acids is 1. The first kappa shape index (κ1) is 15.9. The number of pyridine rings is 1. The number of rotatable bonds is 5. The van der Waals surface area contributed by atoms with E-state index in [9.17, 15) is 18.7 Å². The van der Waals surface area contributed by atoms with E-state index in [-0.39, 0.29) is 31.9 Å². The number of aliphatic hydroxyl groups excluding tert-OH is 1. The van der Waals surface area contributed by atoms with Crippen molar-refractivity contribution >= 4 is 11.8 Å². The number of fused-ring (bicyclic) bond motifs is 1. The first-order valence-electron chi connectivity index (χ1n) is 7.76. The molecule has 0 bridgehead atoms. The number of aromatic nitrogens is 4. The highest BCUT2D eigenvalue weighted by Gasteiger charge is 2.71. The Hall–Kier alpha value is -2.62. The maximum absolute atomic E-state index is 13.3. The minimum Gasteiger partial charge on any atom is -0.476 e. The predicted molar refractivity (Wildman–Crippen MR) is 80.4 cm³/mol. The summed E-state index contributed by atoms with van der Waals surface area (Å²) in [6, 6.07) is 3.45. The third kappa shape index (κ3) is 2.62. The Kier molecular flexibility index (Phi) is 3.46. The van der Waals surface area contributed by atoms with E-state index >= 15 is 0 Å². The van der Waals surface area contributed by atoms with Crippen LogP contribution < -0.4 is 4.90 Å². The van der Waals surface area contributed by atoms with Crippen LogP contribution >= 0.6 is 0 Å². The lowest BCUT2D eigenvalue weighted by molar-refractivity contribution is 0.0689. The lowest BCUT2D eigenvalue weighted by Gasteiger charge is -2.22. The summed E-state index contributed by atoms with van der Waals surface area (Å²) >= 11 is 0. The van der Waals surface area contributed by atoms with Crippen LogP contribution in [0.15, 0.2) is 18.3 Å². The predicted octanol–water partition coefficient (Wildman–Crippen LogP) is 0.613. The number of carboxylic acid groups (broad SMARTS) is 1. The second-order valence-corrected chi connectivity index (χ2v) is 6.33. The second kappa shape index (κ2) is 5.45. The molecule has 3 heterocycles. The largest absolute Gasteiger partial charge is 0.476 e. The summed E-state index contributed by atoms with van der Waals surface area (Å²) in [5, 5.41) is 25.7. The van der Waals surface area contributed by atoms with Crippen molar-refractivity contribution in [1.82, 2.24) is 20.0 Å². The molecule has 2 aliphatic rings. The minimum absolute atomic E-state index is 0.174. The molecular weight excluding hydrogens is 336 g/mol. The van der Waals surface area contributed by atoms with Crippen LogP contribution in [-0.2, 0) is 13.2 Å². The molecule has 0 spiro atoms. The Labute approximate surface area is 140 Å². The van der Waals surface area contributed by atoms with Gasteiger partial charge in [-0.3, -0.25) is 0 Å². The number of alkyl halides is 2. The Morgan fingerprint density at radius 3 is 2.64 bits per heavy atom. The Morgan fingerprint density at radius 2 is 2.04 bits per heavy atom. The van der Waals surface area contributed by atoms with Gasteiger partial charge in [0.05, 0.1) is 36.9 Å². The summed E-state index contributed by atoms with van der Waals surface area (Å²) in [6.07, 6.45) is 1.29. The first-order valence-corrected chi connectivity index (χ1v) is 7.76. The van der Waals surface area contributed by atoms with E-state index in [0.717, 1.165) is 0 Å². The van der Waals surface area contributed by atoms with Crippen molar-refractivity contribution in [2.45, 2.75) is 19.1 Å². The van der Waals surface area contributed by atoms with Crippen LogP contribution in [0.4, 0.5) is 14.6 Å². The van der Waals surface area contributed by atoms with Crippen molar-refractivity contribution in [2.24, 2.45) is 11.8 Å². The summed E-state index contributed by atoms with van der Waals surface area (Å²) in [5.74, 6) is -4.37. The van der Waals surface area contributed by atoms with Crippen molar-refractivity contribution in [1.29, 1.82) is 0 Å². The number of aliphatic hydroxyl groups is 1. The smallest absolute Gasteiger partial charge is 0.358 e. The molecule has 2 aromatic heterocycles. The van der Waals surface area contributed by atoms with E-state index < -0.39 is 23.7 Å².